The van der Waals surface area contributed by atoms with Crippen LogP contribution in [0.2, 0.25) is 0 Å². The van der Waals surface area contributed by atoms with Crippen LogP contribution < -0.4 is 4.74 Å². The van der Waals surface area contributed by atoms with Gasteiger partial charge >= 0.3 is 0 Å². The fourth-order valence-corrected chi connectivity index (χ4v) is 5.04. The molecule has 2 fully saturated rings. The number of aromatic nitrogens is 1. The maximum atomic E-state index is 11.5. The van der Waals surface area contributed by atoms with Gasteiger partial charge in [-0.1, -0.05) is 12.1 Å². The number of nitrogens with zero attached hydrogens (tertiary/aromatic N) is 2. The highest BCUT2D eigenvalue weighted by molar-refractivity contribution is 5.43. The van der Waals surface area contributed by atoms with Gasteiger partial charge in [0.05, 0.1) is 12.8 Å². The van der Waals surface area contributed by atoms with E-state index in [1.54, 1.807) is 7.11 Å². The number of rotatable bonds is 4. The van der Waals surface area contributed by atoms with Crippen molar-refractivity contribution in [3.63, 3.8) is 0 Å². The monoisotopic (exact) mass is 366 g/mol. The number of hydrogen-bond acceptors (Lipinski definition) is 4. The van der Waals surface area contributed by atoms with Gasteiger partial charge in [-0.15, -0.1) is 0 Å². The van der Waals surface area contributed by atoms with E-state index in [-0.39, 0.29) is 5.92 Å². The first-order valence-electron chi connectivity index (χ1n) is 9.93. The summed E-state index contributed by atoms with van der Waals surface area (Å²) in [5, 5.41) is 11.5. The molecule has 1 saturated heterocycles. The Labute approximate surface area is 162 Å². The Morgan fingerprint density at radius 2 is 1.96 bits per heavy atom. The first-order chi connectivity index (χ1) is 12.9. The van der Waals surface area contributed by atoms with Crippen LogP contribution in [0, 0.1) is 32.6 Å². The topological polar surface area (TPSA) is 45.6 Å². The van der Waals surface area contributed by atoms with E-state index < -0.39 is 5.60 Å². The summed E-state index contributed by atoms with van der Waals surface area (Å²) < 4.78 is 5.44. The summed E-state index contributed by atoms with van der Waals surface area (Å²) in [6, 6.07) is 8.32. The van der Waals surface area contributed by atoms with Crippen molar-refractivity contribution in [2.24, 2.45) is 11.8 Å². The SMILES string of the molecule is COc1ccc(CN2C[C@@H]3CC[C@@](O)(c4ccc(C)cn4)[C@@H]3C2)c(C)c1C. The molecule has 0 bridgehead atoms. The third-order valence-corrected chi connectivity index (χ3v) is 6.84. The summed E-state index contributed by atoms with van der Waals surface area (Å²) in [6.07, 6.45) is 3.78. The Kier molecular flexibility index (Phi) is 4.73. The van der Waals surface area contributed by atoms with E-state index in [9.17, 15) is 5.11 Å². The standard InChI is InChI=1S/C23H30N2O2/c1-15-5-8-22(24-11-15)23(26)10-9-19-13-25(14-20(19)23)12-18-6-7-21(27-4)17(3)16(18)2/h5-8,11,19-20,26H,9-10,12-14H2,1-4H3/t19-,20+,23-/m0/s1. The minimum atomic E-state index is -0.780. The number of hydrogen-bond donors (Lipinski definition) is 1. The predicted molar refractivity (Wildman–Crippen MR) is 107 cm³/mol. The molecular formula is C23H30N2O2. The lowest BCUT2D eigenvalue weighted by atomic mass is 9.85. The van der Waals surface area contributed by atoms with Crippen molar-refractivity contribution in [1.82, 2.24) is 9.88 Å². The second-order valence-electron chi connectivity index (χ2n) is 8.42. The largest absolute Gasteiger partial charge is 0.496 e. The minimum Gasteiger partial charge on any atom is -0.496 e. The quantitative estimate of drug-likeness (QED) is 0.895. The van der Waals surface area contributed by atoms with Gasteiger partial charge in [-0.25, -0.2) is 0 Å². The van der Waals surface area contributed by atoms with Gasteiger partial charge in [0.2, 0.25) is 0 Å². The molecule has 144 valence electrons. The lowest BCUT2D eigenvalue weighted by Crippen LogP contribution is -2.35. The number of pyridine rings is 1. The van der Waals surface area contributed by atoms with Gasteiger partial charge in [0, 0.05) is 31.7 Å². The predicted octanol–water partition coefficient (Wildman–Crippen LogP) is 3.75. The zero-order valence-electron chi connectivity index (χ0n) is 16.8. The number of fused-ring (bicyclic) bond motifs is 1. The zero-order valence-corrected chi connectivity index (χ0v) is 16.8. The van der Waals surface area contributed by atoms with E-state index in [0.717, 1.165) is 49.5 Å². The number of likely N-dealkylation sites (tertiary alicyclic amines) is 1. The lowest BCUT2D eigenvalue weighted by Gasteiger charge is -2.30. The van der Waals surface area contributed by atoms with E-state index in [0.29, 0.717) is 5.92 Å². The molecule has 4 rings (SSSR count). The molecular weight excluding hydrogens is 336 g/mol. The summed E-state index contributed by atoms with van der Waals surface area (Å²) in [5.41, 5.74) is 5.08. The minimum absolute atomic E-state index is 0.271. The number of methoxy groups -OCH3 is 1. The molecule has 1 aromatic carbocycles. The summed E-state index contributed by atoms with van der Waals surface area (Å²) in [7, 11) is 1.73. The van der Waals surface area contributed by atoms with Gasteiger partial charge in [0.15, 0.2) is 0 Å². The highest BCUT2D eigenvalue weighted by Gasteiger charge is 2.53. The Bertz CT molecular complexity index is 833. The van der Waals surface area contributed by atoms with Crippen molar-refractivity contribution < 1.29 is 9.84 Å². The highest BCUT2D eigenvalue weighted by Crippen LogP contribution is 2.50. The van der Waals surface area contributed by atoms with Crippen molar-refractivity contribution in [3.05, 3.63) is 58.4 Å². The smallest absolute Gasteiger partial charge is 0.122 e. The zero-order chi connectivity index (χ0) is 19.2. The van der Waals surface area contributed by atoms with Crippen molar-refractivity contribution in [1.29, 1.82) is 0 Å². The van der Waals surface area contributed by atoms with Gasteiger partial charge in [0.25, 0.3) is 0 Å². The van der Waals surface area contributed by atoms with Crippen LogP contribution in [0.15, 0.2) is 30.5 Å². The molecule has 4 nitrogen and oxygen atoms in total. The first-order valence-corrected chi connectivity index (χ1v) is 9.93. The van der Waals surface area contributed by atoms with Crippen LogP contribution in [0.25, 0.3) is 0 Å². The van der Waals surface area contributed by atoms with Crippen molar-refractivity contribution in [2.75, 3.05) is 20.2 Å². The Balaban J connectivity index is 1.52. The van der Waals surface area contributed by atoms with Gasteiger partial charge in [-0.2, -0.15) is 0 Å². The normalized spacial score (nSPS) is 27.7. The van der Waals surface area contributed by atoms with Crippen LogP contribution in [0.5, 0.6) is 5.75 Å². The average molecular weight is 367 g/mol. The third kappa shape index (κ3) is 3.15. The van der Waals surface area contributed by atoms with E-state index in [2.05, 4.69) is 41.9 Å². The molecule has 4 heteroatoms. The molecule has 3 atom stereocenters. The second-order valence-corrected chi connectivity index (χ2v) is 8.42. The maximum absolute atomic E-state index is 11.5. The highest BCUT2D eigenvalue weighted by atomic mass is 16.5. The van der Waals surface area contributed by atoms with Gasteiger partial charge in [0.1, 0.15) is 11.4 Å². The average Bonchev–Trinajstić information content (AvgIpc) is 3.20. The summed E-state index contributed by atoms with van der Waals surface area (Å²) in [4.78, 5) is 7.07. The van der Waals surface area contributed by atoms with Crippen molar-refractivity contribution in [2.45, 2.75) is 45.8 Å². The van der Waals surface area contributed by atoms with Crippen LogP contribution >= 0.6 is 0 Å². The Hall–Kier alpha value is -1.91. The van der Waals surface area contributed by atoms with Crippen LogP contribution in [0.1, 0.15) is 40.8 Å². The van der Waals surface area contributed by atoms with E-state index in [1.807, 2.05) is 19.2 Å². The molecule has 0 spiro atoms. The molecule has 1 N–H and O–H groups in total. The van der Waals surface area contributed by atoms with Crippen LogP contribution in [0.3, 0.4) is 0 Å². The lowest BCUT2D eigenvalue weighted by molar-refractivity contribution is -0.0108. The van der Waals surface area contributed by atoms with Gasteiger partial charge < -0.3 is 9.84 Å². The van der Waals surface area contributed by atoms with E-state index >= 15 is 0 Å². The second kappa shape index (κ2) is 6.92. The van der Waals surface area contributed by atoms with Gasteiger partial charge in [-0.05, 0) is 73.9 Å². The number of aliphatic hydroxyl groups is 1. The van der Waals surface area contributed by atoms with Crippen LogP contribution in [-0.2, 0) is 12.1 Å². The molecule has 27 heavy (non-hydrogen) atoms. The first kappa shape index (κ1) is 18.5. The number of aryl methyl sites for hydroxylation is 1. The molecule has 0 unspecified atom stereocenters. The maximum Gasteiger partial charge on any atom is 0.122 e. The molecule has 2 heterocycles. The molecule has 2 aromatic rings. The Morgan fingerprint density at radius 3 is 2.67 bits per heavy atom. The molecule has 0 radical (unpaired) electrons. The molecule has 0 amide bonds. The third-order valence-electron chi connectivity index (χ3n) is 6.84. The van der Waals surface area contributed by atoms with E-state index in [1.165, 1.54) is 16.7 Å². The summed E-state index contributed by atoms with van der Waals surface area (Å²) >= 11 is 0. The molecule has 2 aliphatic rings. The molecule has 1 aromatic heterocycles. The number of benzene rings is 1. The molecule has 1 aliphatic carbocycles. The van der Waals surface area contributed by atoms with Crippen molar-refractivity contribution in [3.8, 4) is 5.75 Å². The van der Waals surface area contributed by atoms with E-state index in [4.69, 9.17) is 4.74 Å². The van der Waals surface area contributed by atoms with Crippen molar-refractivity contribution >= 4 is 0 Å². The van der Waals surface area contributed by atoms with Crippen LogP contribution in [0.4, 0.5) is 0 Å². The van der Waals surface area contributed by atoms with Crippen LogP contribution in [-0.4, -0.2) is 35.2 Å². The van der Waals surface area contributed by atoms with Gasteiger partial charge in [-0.3, -0.25) is 9.88 Å². The Morgan fingerprint density at radius 1 is 1.15 bits per heavy atom. The number of ether oxygens (including phenoxy) is 1. The molecule has 1 saturated carbocycles. The summed E-state index contributed by atoms with van der Waals surface area (Å²) in [6.45, 7) is 9.26. The fraction of sp³-hybridized carbons (Fsp3) is 0.522. The molecule has 1 aliphatic heterocycles. The fourth-order valence-electron chi connectivity index (χ4n) is 5.04. The summed E-state index contributed by atoms with van der Waals surface area (Å²) in [5.74, 6) is 1.78.